The lowest BCUT2D eigenvalue weighted by atomic mass is 10.1. The molecule has 1 heterocycles. The molecule has 0 bridgehead atoms. The Kier molecular flexibility index (Phi) is 4.72. The van der Waals surface area contributed by atoms with Crippen LogP contribution in [0.2, 0.25) is 0 Å². The van der Waals surface area contributed by atoms with Crippen LogP contribution < -0.4 is 19.5 Å². The van der Waals surface area contributed by atoms with Gasteiger partial charge in [0.05, 0.1) is 26.6 Å². The van der Waals surface area contributed by atoms with Crippen LogP contribution in [-0.2, 0) is 11.2 Å². The van der Waals surface area contributed by atoms with E-state index in [1.807, 2.05) is 12.1 Å². The van der Waals surface area contributed by atoms with Gasteiger partial charge in [0, 0.05) is 0 Å². The number of methoxy groups -OCH3 is 3. The highest BCUT2D eigenvalue weighted by atomic mass is 32.2. The second-order valence-corrected chi connectivity index (χ2v) is 6.00. The third-order valence-electron chi connectivity index (χ3n) is 2.91. The smallest absolute Gasteiger partial charge is 0.239 e. The molecule has 1 aromatic rings. The van der Waals surface area contributed by atoms with Crippen molar-refractivity contribution in [1.29, 1.82) is 0 Å². The van der Waals surface area contributed by atoms with Gasteiger partial charge in [0.15, 0.2) is 11.5 Å². The number of hydrogen-bond donors (Lipinski definition) is 1. The summed E-state index contributed by atoms with van der Waals surface area (Å²) in [5.41, 5.74) is 0.928. The van der Waals surface area contributed by atoms with Gasteiger partial charge in [0.1, 0.15) is 4.32 Å². The van der Waals surface area contributed by atoms with E-state index in [-0.39, 0.29) is 11.2 Å². The van der Waals surface area contributed by atoms with Crippen molar-refractivity contribution in [2.75, 3.05) is 21.3 Å². The first-order valence-electron chi connectivity index (χ1n) is 5.89. The first-order valence-corrected chi connectivity index (χ1v) is 7.18. The van der Waals surface area contributed by atoms with Crippen LogP contribution in [0.15, 0.2) is 12.1 Å². The summed E-state index contributed by atoms with van der Waals surface area (Å²) in [5, 5.41) is 2.42. The van der Waals surface area contributed by atoms with E-state index in [1.54, 1.807) is 21.3 Å². The Hall–Kier alpha value is -1.47. The molecule has 1 fully saturated rings. The molecule has 1 saturated heterocycles. The molecular formula is C13H15NO4S2. The maximum absolute atomic E-state index is 11.7. The van der Waals surface area contributed by atoms with E-state index in [9.17, 15) is 4.79 Å². The van der Waals surface area contributed by atoms with Crippen LogP contribution in [0.1, 0.15) is 5.56 Å². The molecule has 1 amide bonds. The molecule has 1 aliphatic heterocycles. The number of nitrogens with one attached hydrogen (secondary N) is 1. The molecule has 0 spiro atoms. The molecule has 1 aromatic carbocycles. The van der Waals surface area contributed by atoms with Crippen molar-refractivity contribution in [3.05, 3.63) is 17.7 Å². The summed E-state index contributed by atoms with van der Waals surface area (Å²) in [7, 11) is 4.68. The average Bonchev–Trinajstić information content (AvgIpc) is 2.75. The molecule has 1 aliphatic rings. The van der Waals surface area contributed by atoms with Gasteiger partial charge in [-0.15, -0.1) is 0 Å². The fourth-order valence-electron chi connectivity index (χ4n) is 1.99. The second kappa shape index (κ2) is 6.32. The number of benzene rings is 1. The van der Waals surface area contributed by atoms with Gasteiger partial charge in [-0.25, -0.2) is 0 Å². The molecule has 1 unspecified atom stereocenters. The molecule has 1 N–H and O–H groups in total. The molecule has 0 radical (unpaired) electrons. The van der Waals surface area contributed by atoms with Crippen LogP contribution in [0.3, 0.4) is 0 Å². The first-order chi connectivity index (χ1) is 9.58. The fraction of sp³-hybridized carbons (Fsp3) is 0.385. The van der Waals surface area contributed by atoms with Gasteiger partial charge < -0.3 is 19.5 Å². The molecule has 7 heteroatoms. The number of thioether (sulfide) groups is 1. The number of hydrogen-bond acceptors (Lipinski definition) is 6. The molecule has 20 heavy (non-hydrogen) atoms. The van der Waals surface area contributed by atoms with Crippen molar-refractivity contribution < 1.29 is 19.0 Å². The lowest BCUT2D eigenvalue weighted by Gasteiger charge is -2.15. The second-order valence-electron chi connectivity index (χ2n) is 4.12. The third-order valence-corrected chi connectivity index (χ3v) is 4.28. The normalized spacial score (nSPS) is 17.9. The van der Waals surface area contributed by atoms with Gasteiger partial charge in [-0.3, -0.25) is 4.79 Å². The van der Waals surface area contributed by atoms with Crippen LogP contribution in [-0.4, -0.2) is 36.8 Å². The van der Waals surface area contributed by atoms with Gasteiger partial charge >= 0.3 is 0 Å². The summed E-state index contributed by atoms with van der Waals surface area (Å²) in [6.45, 7) is 0. The van der Waals surface area contributed by atoms with Crippen LogP contribution in [0.25, 0.3) is 0 Å². The number of rotatable bonds is 5. The molecule has 0 aromatic heterocycles. The Balaban J connectivity index is 2.28. The van der Waals surface area contributed by atoms with Gasteiger partial charge in [-0.1, -0.05) is 24.0 Å². The van der Waals surface area contributed by atoms with Gasteiger partial charge in [-0.2, -0.15) is 0 Å². The highest BCUT2D eigenvalue weighted by Gasteiger charge is 2.29. The average molecular weight is 313 g/mol. The molecule has 108 valence electrons. The van der Waals surface area contributed by atoms with Gasteiger partial charge in [0.2, 0.25) is 11.7 Å². The van der Waals surface area contributed by atoms with E-state index in [4.69, 9.17) is 26.4 Å². The number of carbonyl (C=O) groups is 1. The Morgan fingerprint density at radius 3 is 2.20 bits per heavy atom. The summed E-state index contributed by atoms with van der Waals surface area (Å²) < 4.78 is 16.4. The van der Waals surface area contributed by atoms with Crippen molar-refractivity contribution in [1.82, 2.24) is 5.32 Å². The minimum Gasteiger partial charge on any atom is -0.493 e. The zero-order valence-corrected chi connectivity index (χ0v) is 13.0. The Bertz CT molecular complexity index is 522. The van der Waals surface area contributed by atoms with Crippen LogP contribution >= 0.6 is 24.0 Å². The van der Waals surface area contributed by atoms with E-state index in [2.05, 4.69) is 5.32 Å². The lowest BCUT2D eigenvalue weighted by molar-refractivity contribution is -0.118. The van der Waals surface area contributed by atoms with Crippen molar-refractivity contribution in [2.24, 2.45) is 0 Å². The maximum atomic E-state index is 11.7. The SMILES string of the molecule is COc1cc(CC2SC(=S)NC2=O)cc(OC)c1OC. The zero-order chi connectivity index (χ0) is 14.7. The largest absolute Gasteiger partial charge is 0.493 e. The Morgan fingerprint density at radius 2 is 1.80 bits per heavy atom. The highest BCUT2D eigenvalue weighted by Crippen LogP contribution is 2.39. The number of amides is 1. The summed E-state index contributed by atoms with van der Waals surface area (Å²) in [6.07, 6.45) is 0.549. The van der Waals surface area contributed by atoms with E-state index in [0.29, 0.717) is 28.0 Å². The van der Waals surface area contributed by atoms with Crippen molar-refractivity contribution in [2.45, 2.75) is 11.7 Å². The molecule has 5 nitrogen and oxygen atoms in total. The summed E-state index contributed by atoms with van der Waals surface area (Å²) in [6, 6.07) is 3.69. The van der Waals surface area contributed by atoms with E-state index < -0.39 is 0 Å². The first kappa shape index (κ1) is 14.9. The van der Waals surface area contributed by atoms with E-state index in [1.165, 1.54) is 11.8 Å². The van der Waals surface area contributed by atoms with E-state index in [0.717, 1.165) is 5.56 Å². The Morgan fingerprint density at radius 1 is 1.20 bits per heavy atom. The summed E-state index contributed by atoms with van der Waals surface area (Å²) >= 11 is 6.35. The topological polar surface area (TPSA) is 56.8 Å². The van der Waals surface area contributed by atoms with Crippen molar-refractivity contribution in [3.8, 4) is 17.2 Å². The van der Waals surface area contributed by atoms with Gasteiger partial charge in [0.25, 0.3) is 0 Å². The third kappa shape index (κ3) is 2.99. The zero-order valence-electron chi connectivity index (χ0n) is 11.4. The maximum Gasteiger partial charge on any atom is 0.239 e. The summed E-state index contributed by atoms with van der Waals surface area (Å²) in [4.78, 5) is 11.7. The Labute approximate surface area is 127 Å². The standard InChI is InChI=1S/C13H15NO4S2/c1-16-8-4-7(5-9(17-2)11(8)18-3)6-10-12(15)14-13(19)20-10/h4-5,10H,6H2,1-3H3,(H,14,15,19). The molecule has 1 atom stereocenters. The molecular weight excluding hydrogens is 298 g/mol. The number of ether oxygens (including phenoxy) is 3. The van der Waals surface area contributed by atoms with Crippen LogP contribution in [0.5, 0.6) is 17.2 Å². The highest BCUT2D eigenvalue weighted by molar-refractivity contribution is 8.24. The predicted octanol–water partition coefficient (Wildman–Crippen LogP) is 1.77. The number of thiocarbonyl (C=S) groups is 1. The quantitative estimate of drug-likeness (QED) is 0.836. The van der Waals surface area contributed by atoms with E-state index >= 15 is 0 Å². The predicted molar refractivity (Wildman–Crippen MR) is 81.9 cm³/mol. The van der Waals surface area contributed by atoms with Gasteiger partial charge in [-0.05, 0) is 24.1 Å². The summed E-state index contributed by atoms with van der Waals surface area (Å²) in [5.74, 6) is 1.63. The number of carbonyl (C=O) groups excluding carboxylic acids is 1. The van der Waals surface area contributed by atoms with Crippen molar-refractivity contribution in [3.63, 3.8) is 0 Å². The fourth-order valence-corrected chi connectivity index (χ4v) is 3.30. The van der Waals surface area contributed by atoms with Crippen LogP contribution in [0.4, 0.5) is 0 Å². The lowest BCUT2D eigenvalue weighted by Crippen LogP contribution is -2.25. The monoisotopic (exact) mass is 313 g/mol. The van der Waals surface area contributed by atoms with Crippen LogP contribution in [0, 0.1) is 0 Å². The minimum atomic E-state index is -0.217. The molecule has 0 aliphatic carbocycles. The molecule has 2 rings (SSSR count). The molecule has 0 saturated carbocycles. The minimum absolute atomic E-state index is 0.0613. The van der Waals surface area contributed by atoms with Crippen molar-refractivity contribution >= 4 is 34.2 Å².